The highest BCUT2D eigenvalue weighted by Gasteiger charge is 2.33. The minimum atomic E-state index is -4.37. The minimum Gasteiger partial charge on any atom is -0.314 e. The first kappa shape index (κ1) is 23.8. The maximum absolute atomic E-state index is 13.1. The van der Waals surface area contributed by atoms with Crippen LogP contribution in [0.1, 0.15) is 37.4 Å². The van der Waals surface area contributed by atoms with Crippen LogP contribution in [0.4, 0.5) is 13.2 Å². The van der Waals surface area contributed by atoms with Crippen molar-refractivity contribution in [2.45, 2.75) is 32.5 Å². The van der Waals surface area contributed by atoms with Gasteiger partial charge in [-0.3, -0.25) is 4.90 Å². The molecule has 0 aliphatic carbocycles. The Kier molecular flexibility index (Phi) is 9.99. The van der Waals surface area contributed by atoms with Crippen molar-refractivity contribution in [1.82, 2.24) is 10.2 Å². The van der Waals surface area contributed by atoms with Crippen LogP contribution < -0.4 is 5.32 Å². The van der Waals surface area contributed by atoms with Crippen LogP contribution in [-0.4, -0.2) is 31.1 Å². The molecule has 0 radical (unpaired) electrons. The third-order valence-corrected chi connectivity index (χ3v) is 4.54. The quantitative estimate of drug-likeness (QED) is 0.738. The first-order valence-electron chi connectivity index (χ1n) is 7.65. The van der Waals surface area contributed by atoms with Crippen molar-refractivity contribution in [1.29, 1.82) is 0 Å². The third-order valence-electron chi connectivity index (χ3n) is 4.32. The molecular formula is C16H24Cl3F3N2. The number of nitrogens with zero attached hydrogens (tertiary/aromatic N) is 1. The van der Waals surface area contributed by atoms with E-state index in [4.69, 9.17) is 11.6 Å². The summed E-state index contributed by atoms with van der Waals surface area (Å²) in [5, 5.41) is 3.42. The standard InChI is InChI=1S/C16H22ClF3N2.2ClH/c1-3-11(2)15(22-6-4-21-5-7-22)12-8-13(16(18,19)20)10-14(17)9-12;;/h8-11,15,21H,3-7H2,1-2H3;2*1H/t11?,15-;;/m1../s1. The van der Waals surface area contributed by atoms with Gasteiger partial charge in [0.15, 0.2) is 0 Å². The Balaban J connectivity index is 0.00000264. The van der Waals surface area contributed by atoms with Gasteiger partial charge < -0.3 is 5.32 Å². The van der Waals surface area contributed by atoms with E-state index in [1.807, 2.05) is 0 Å². The van der Waals surface area contributed by atoms with Gasteiger partial charge in [-0.15, -0.1) is 24.8 Å². The second-order valence-corrected chi connectivity index (χ2v) is 6.32. The molecule has 1 fully saturated rings. The maximum atomic E-state index is 13.1. The van der Waals surface area contributed by atoms with Crippen LogP contribution in [0.15, 0.2) is 18.2 Å². The smallest absolute Gasteiger partial charge is 0.314 e. The second-order valence-electron chi connectivity index (χ2n) is 5.89. The highest BCUT2D eigenvalue weighted by Crippen LogP contribution is 2.37. The van der Waals surface area contributed by atoms with E-state index in [9.17, 15) is 13.2 Å². The van der Waals surface area contributed by atoms with E-state index in [1.54, 1.807) is 6.07 Å². The molecule has 1 N–H and O–H groups in total. The van der Waals surface area contributed by atoms with E-state index in [2.05, 4.69) is 24.1 Å². The lowest BCUT2D eigenvalue weighted by Gasteiger charge is -2.38. The van der Waals surface area contributed by atoms with Crippen molar-refractivity contribution in [3.05, 3.63) is 34.3 Å². The molecule has 1 aromatic carbocycles. The molecule has 2 atom stereocenters. The normalized spacial score (nSPS) is 18.2. The average Bonchev–Trinajstić information content (AvgIpc) is 2.47. The Morgan fingerprint density at radius 3 is 2.25 bits per heavy atom. The first-order valence-corrected chi connectivity index (χ1v) is 8.03. The van der Waals surface area contributed by atoms with Crippen molar-refractivity contribution < 1.29 is 13.2 Å². The zero-order chi connectivity index (χ0) is 16.3. The molecule has 140 valence electrons. The van der Waals surface area contributed by atoms with E-state index in [1.165, 1.54) is 6.07 Å². The lowest BCUT2D eigenvalue weighted by Crippen LogP contribution is -2.46. The van der Waals surface area contributed by atoms with Crippen LogP contribution in [-0.2, 0) is 6.18 Å². The lowest BCUT2D eigenvalue weighted by molar-refractivity contribution is -0.137. The number of nitrogens with one attached hydrogen (secondary N) is 1. The van der Waals surface area contributed by atoms with Crippen LogP contribution >= 0.6 is 36.4 Å². The molecule has 1 heterocycles. The van der Waals surface area contributed by atoms with Gasteiger partial charge in [0.05, 0.1) is 5.56 Å². The van der Waals surface area contributed by atoms with Crippen molar-refractivity contribution in [3.8, 4) is 0 Å². The summed E-state index contributed by atoms with van der Waals surface area (Å²) in [4.78, 5) is 2.26. The number of piperazine rings is 1. The fraction of sp³-hybridized carbons (Fsp3) is 0.625. The van der Waals surface area contributed by atoms with Gasteiger partial charge in [0.1, 0.15) is 0 Å². The molecule has 1 aliphatic rings. The molecule has 0 saturated carbocycles. The van der Waals surface area contributed by atoms with Crippen molar-refractivity contribution in [2.75, 3.05) is 26.2 Å². The summed E-state index contributed by atoms with van der Waals surface area (Å²) in [6, 6.07) is 3.89. The third kappa shape index (κ3) is 5.95. The van der Waals surface area contributed by atoms with Crippen LogP contribution in [0, 0.1) is 5.92 Å². The van der Waals surface area contributed by atoms with Gasteiger partial charge in [-0.1, -0.05) is 31.9 Å². The van der Waals surface area contributed by atoms with Gasteiger partial charge >= 0.3 is 6.18 Å². The Bertz CT molecular complexity index is 506. The van der Waals surface area contributed by atoms with Gasteiger partial charge in [0.25, 0.3) is 0 Å². The maximum Gasteiger partial charge on any atom is 0.416 e. The van der Waals surface area contributed by atoms with E-state index in [0.717, 1.165) is 38.7 Å². The average molecular weight is 408 g/mol. The van der Waals surface area contributed by atoms with Gasteiger partial charge in [0.2, 0.25) is 0 Å². The predicted octanol–water partition coefficient (Wildman–Crippen LogP) is 5.19. The highest BCUT2D eigenvalue weighted by molar-refractivity contribution is 6.30. The zero-order valence-corrected chi connectivity index (χ0v) is 16.1. The topological polar surface area (TPSA) is 15.3 Å². The molecule has 0 amide bonds. The number of alkyl halides is 3. The van der Waals surface area contributed by atoms with E-state index >= 15 is 0 Å². The summed E-state index contributed by atoms with van der Waals surface area (Å²) in [7, 11) is 0. The molecule has 0 spiro atoms. The molecule has 24 heavy (non-hydrogen) atoms. The zero-order valence-electron chi connectivity index (χ0n) is 13.7. The molecule has 1 aliphatic heterocycles. The summed E-state index contributed by atoms with van der Waals surface area (Å²) >= 11 is 5.96. The van der Waals surface area contributed by atoms with Gasteiger partial charge in [-0.05, 0) is 29.7 Å². The van der Waals surface area contributed by atoms with E-state index in [0.29, 0.717) is 5.56 Å². The Labute approximate surface area is 158 Å². The summed E-state index contributed by atoms with van der Waals surface area (Å²) in [6.45, 7) is 7.54. The number of benzene rings is 1. The summed E-state index contributed by atoms with van der Waals surface area (Å²) in [5.41, 5.74) is -0.00508. The Hall–Kier alpha value is -0.200. The monoisotopic (exact) mass is 406 g/mol. The fourth-order valence-corrected chi connectivity index (χ4v) is 3.27. The van der Waals surface area contributed by atoms with Gasteiger partial charge in [0, 0.05) is 37.2 Å². The lowest BCUT2D eigenvalue weighted by atomic mass is 9.89. The SMILES string of the molecule is CCC(C)[C@H](c1cc(Cl)cc(C(F)(F)F)c1)N1CCNCC1.Cl.Cl. The largest absolute Gasteiger partial charge is 0.416 e. The fourth-order valence-electron chi connectivity index (χ4n) is 3.03. The van der Waals surface area contributed by atoms with Crippen molar-refractivity contribution >= 4 is 36.4 Å². The summed E-state index contributed by atoms with van der Waals surface area (Å²) in [6.07, 6.45) is -3.47. The number of halogens is 6. The molecule has 0 bridgehead atoms. The van der Waals surface area contributed by atoms with Gasteiger partial charge in [-0.2, -0.15) is 13.2 Å². The predicted molar refractivity (Wildman–Crippen MR) is 97.6 cm³/mol. The van der Waals surface area contributed by atoms with Gasteiger partial charge in [-0.25, -0.2) is 0 Å². The molecular weight excluding hydrogens is 384 g/mol. The number of hydrogen-bond donors (Lipinski definition) is 1. The van der Waals surface area contributed by atoms with Crippen molar-refractivity contribution in [3.63, 3.8) is 0 Å². The van der Waals surface area contributed by atoms with E-state index in [-0.39, 0.29) is 41.8 Å². The molecule has 2 nitrogen and oxygen atoms in total. The van der Waals surface area contributed by atoms with Crippen LogP contribution in [0.25, 0.3) is 0 Å². The summed E-state index contributed by atoms with van der Waals surface area (Å²) in [5.74, 6) is 0.262. The molecule has 2 rings (SSSR count). The number of rotatable bonds is 4. The highest BCUT2D eigenvalue weighted by atomic mass is 35.5. The molecule has 1 aromatic rings. The van der Waals surface area contributed by atoms with Crippen molar-refractivity contribution in [2.24, 2.45) is 5.92 Å². The van der Waals surface area contributed by atoms with Crippen LogP contribution in [0.3, 0.4) is 0 Å². The van der Waals surface area contributed by atoms with Crippen LogP contribution in [0.2, 0.25) is 5.02 Å². The first-order chi connectivity index (χ1) is 10.3. The number of hydrogen-bond acceptors (Lipinski definition) is 2. The molecule has 1 saturated heterocycles. The second kappa shape index (κ2) is 10.1. The van der Waals surface area contributed by atoms with E-state index < -0.39 is 11.7 Å². The Morgan fingerprint density at radius 1 is 1.17 bits per heavy atom. The molecule has 8 heteroatoms. The van der Waals surface area contributed by atoms with Crippen LogP contribution in [0.5, 0.6) is 0 Å². The molecule has 1 unspecified atom stereocenters. The summed E-state index contributed by atoms with van der Waals surface area (Å²) < 4.78 is 39.2. The Morgan fingerprint density at radius 2 is 1.75 bits per heavy atom. The minimum absolute atomic E-state index is 0. The molecule has 0 aromatic heterocycles.